The number of hydrogen-bond acceptors (Lipinski definition) is 2. The third-order valence-electron chi connectivity index (χ3n) is 3.05. The molecule has 0 saturated heterocycles. The van der Waals surface area contributed by atoms with Crippen LogP contribution in [-0.2, 0) is 16.0 Å². The van der Waals surface area contributed by atoms with Crippen molar-refractivity contribution >= 4 is 5.97 Å². The Hall–Kier alpha value is -1.83. The van der Waals surface area contributed by atoms with E-state index in [0.717, 1.165) is 18.4 Å². The Morgan fingerprint density at radius 3 is 2.60 bits per heavy atom. The first-order valence-electron chi connectivity index (χ1n) is 7.14. The molecule has 0 bridgehead atoms. The highest BCUT2D eigenvalue weighted by Gasteiger charge is 2.08. The van der Waals surface area contributed by atoms with E-state index in [2.05, 4.69) is 19.6 Å². The minimum Gasteiger partial charge on any atom is -0.458 e. The normalized spacial score (nSPS) is 13.9. The zero-order valence-corrected chi connectivity index (χ0v) is 12.4. The molecule has 2 nitrogen and oxygen atoms in total. The Balaban J connectivity index is 2.34. The molecule has 2 atom stereocenters. The van der Waals surface area contributed by atoms with Crippen LogP contribution in [0.3, 0.4) is 0 Å². The van der Waals surface area contributed by atoms with Gasteiger partial charge in [0.1, 0.15) is 6.10 Å². The highest BCUT2D eigenvalue weighted by Crippen LogP contribution is 2.09. The van der Waals surface area contributed by atoms with Crippen molar-refractivity contribution in [2.45, 2.75) is 39.2 Å². The van der Waals surface area contributed by atoms with Crippen molar-refractivity contribution in [3.63, 3.8) is 0 Å². The van der Waals surface area contributed by atoms with Crippen LogP contribution in [0, 0.1) is 5.92 Å². The molecule has 0 aliphatic rings. The summed E-state index contributed by atoms with van der Waals surface area (Å²) >= 11 is 0. The molecule has 2 heteroatoms. The Morgan fingerprint density at radius 2 is 1.95 bits per heavy atom. The molecule has 20 heavy (non-hydrogen) atoms. The number of benzene rings is 1. The molecule has 0 amide bonds. The van der Waals surface area contributed by atoms with Gasteiger partial charge < -0.3 is 4.74 Å². The molecular formula is C18H24O2. The molecule has 0 heterocycles. The van der Waals surface area contributed by atoms with Crippen molar-refractivity contribution in [1.82, 2.24) is 0 Å². The van der Waals surface area contributed by atoms with E-state index >= 15 is 0 Å². The van der Waals surface area contributed by atoms with Crippen LogP contribution in [0.2, 0.25) is 0 Å². The number of carbonyl (C=O) groups excluding carboxylic acids is 1. The lowest BCUT2D eigenvalue weighted by Gasteiger charge is -2.10. The summed E-state index contributed by atoms with van der Waals surface area (Å²) in [6.45, 7) is 7.75. The number of carbonyl (C=O) groups is 1. The third-order valence-corrected chi connectivity index (χ3v) is 3.05. The lowest BCUT2D eigenvalue weighted by Crippen LogP contribution is -2.15. The highest BCUT2D eigenvalue weighted by molar-refractivity contribution is 5.72. The topological polar surface area (TPSA) is 26.3 Å². The standard InChI is InChI=1S/C18H24O2/c1-4-5-9-15(2)12-13-16(3)20-18(19)14-17-10-7-6-8-11-17/h4,6-8,10-13,15-16H,1,5,9,14H2,2-3H3/b13-12+. The van der Waals surface area contributed by atoms with E-state index < -0.39 is 0 Å². The van der Waals surface area contributed by atoms with Gasteiger partial charge in [-0.2, -0.15) is 0 Å². The van der Waals surface area contributed by atoms with Crippen LogP contribution in [0.25, 0.3) is 0 Å². The largest absolute Gasteiger partial charge is 0.458 e. The summed E-state index contributed by atoms with van der Waals surface area (Å²) in [5.74, 6) is 0.287. The monoisotopic (exact) mass is 272 g/mol. The summed E-state index contributed by atoms with van der Waals surface area (Å²) in [5, 5.41) is 0. The molecule has 0 radical (unpaired) electrons. The first-order valence-corrected chi connectivity index (χ1v) is 7.14. The van der Waals surface area contributed by atoms with Crippen LogP contribution in [0.15, 0.2) is 55.1 Å². The van der Waals surface area contributed by atoms with E-state index in [9.17, 15) is 4.79 Å². The molecule has 0 aliphatic heterocycles. The molecule has 0 aliphatic carbocycles. The van der Waals surface area contributed by atoms with Crippen LogP contribution in [0.1, 0.15) is 32.3 Å². The predicted octanol–water partition coefficient (Wildman–Crippen LogP) is 4.32. The van der Waals surface area contributed by atoms with Gasteiger partial charge in [-0.1, -0.05) is 49.4 Å². The minimum atomic E-state index is -0.188. The smallest absolute Gasteiger partial charge is 0.310 e. The highest BCUT2D eigenvalue weighted by atomic mass is 16.5. The summed E-state index contributed by atoms with van der Waals surface area (Å²) < 4.78 is 5.36. The maximum atomic E-state index is 11.8. The summed E-state index contributed by atoms with van der Waals surface area (Å²) in [7, 11) is 0. The maximum Gasteiger partial charge on any atom is 0.310 e. The van der Waals surface area contributed by atoms with Crippen LogP contribution in [-0.4, -0.2) is 12.1 Å². The zero-order valence-electron chi connectivity index (χ0n) is 12.4. The van der Waals surface area contributed by atoms with Gasteiger partial charge in [-0.3, -0.25) is 4.79 Å². The maximum absolute atomic E-state index is 11.8. The molecule has 2 unspecified atom stereocenters. The van der Waals surface area contributed by atoms with Gasteiger partial charge in [0, 0.05) is 0 Å². The Labute approximate surface area is 122 Å². The van der Waals surface area contributed by atoms with E-state index in [4.69, 9.17) is 4.74 Å². The minimum absolute atomic E-state index is 0.183. The van der Waals surface area contributed by atoms with Crippen LogP contribution in [0.4, 0.5) is 0 Å². The predicted molar refractivity (Wildman–Crippen MR) is 83.4 cm³/mol. The average Bonchev–Trinajstić information content (AvgIpc) is 2.43. The second-order valence-corrected chi connectivity index (χ2v) is 5.09. The Kier molecular flexibility index (Phi) is 7.41. The molecule has 0 N–H and O–H groups in total. The fourth-order valence-corrected chi connectivity index (χ4v) is 1.87. The quantitative estimate of drug-likeness (QED) is 0.520. The number of allylic oxidation sites excluding steroid dienone is 2. The lowest BCUT2D eigenvalue weighted by atomic mass is 10.0. The van der Waals surface area contributed by atoms with Gasteiger partial charge in [0.2, 0.25) is 0 Å². The molecule has 1 aromatic carbocycles. The van der Waals surface area contributed by atoms with Gasteiger partial charge in [0.15, 0.2) is 0 Å². The molecular weight excluding hydrogens is 248 g/mol. The summed E-state index contributed by atoms with van der Waals surface area (Å²) in [4.78, 5) is 11.8. The SMILES string of the molecule is C=CCCC(C)/C=C/C(C)OC(=O)Cc1ccccc1. The van der Waals surface area contributed by atoms with Gasteiger partial charge in [-0.15, -0.1) is 6.58 Å². The Morgan fingerprint density at radius 1 is 1.25 bits per heavy atom. The van der Waals surface area contributed by atoms with Crippen LogP contribution >= 0.6 is 0 Å². The van der Waals surface area contributed by atoms with Gasteiger partial charge in [0.05, 0.1) is 6.42 Å². The first-order chi connectivity index (χ1) is 9.61. The molecule has 0 saturated carbocycles. The number of ether oxygens (including phenoxy) is 1. The van der Waals surface area contributed by atoms with E-state index in [1.807, 2.05) is 49.4 Å². The van der Waals surface area contributed by atoms with E-state index in [1.54, 1.807) is 0 Å². The van der Waals surface area contributed by atoms with Crippen molar-refractivity contribution in [3.05, 3.63) is 60.7 Å². The number of rotatable bonds is 8. The van der Waals surface area contributed by atoms with Gasteiger partial charge >= 0.3 is 5.97 Å². The lowest BCUT2D eigenvalue weighted by molar-refractivity contribution is -0.145. The van der Waals surface area contributed by atoms with E-state index in [1.165, 1.54) is 0 Å². The Bertz CT molecular complexity index is 434. The number of esters is 1. The van der Waals surface area contributed by atoms with Crippen molar-refractivity contribution in [2.75, 3.05) is 0 Å². The van der Waals surface area contributed by atoms with Gasteiger partial charge in [-0.25, -0.2) is 0 Å². The van der Waals surface area contributed by atoms with E-state index in [0.29, 0.717) is 12.3 Å². The summed E-state index contributed by atoms with van der Waals surface area (Å²) in [6, 6.07) is 9.64. The molecule has 0 aromatic heterocycles. The van der Waals surface area contributed by atoms with Crippen molar-refractivity contribution in [3.8, 4) is 0 Å². The zero-order chi connectivity index (χ0) is 14.8. The number of hydrogen-bond donors (Lipinski definition) is 0. The van der Waals surface area contributed by atoms with E-state index in [-0.39, 0.29) is 12.1 Å². The van der Waals surface area contributed by atoms with Crippen molar-refractivity contribution in [2.24, 2.45) is 5.92 Å². The second-order valence-electron chi connectivity index (χ2n) is 5.09. The summed E-state index contributed by atoms with van der Waals surface area (Å²) in [5.41, 5.74) is 0.980. The molecule has 1 aromatic rings. The second kappa shape index (κ2) is 9.13. The molecule has 1 rings (SSSR count). The average molecular weight is 272 g/mol. The molecule has 0 fully saturated rings. The van der Waals surface area contributed by atoms with Crippen molar-refractivity contribution in [1.29, 1.82) is 0 Å². The van der Waals surface area contributed by atoms with Crippen LogP contribution in [0.5, 0.6) is 0 Å². The molecule has 108 valence electrons. The third kappa shape index (κ3) is 6.93. The molecule has 0 spiro atoms. The van der Waals surface area contributed by atoms with Crippen LogP contribution < -0.4 is 0 Å². The summed E-state index contributed by atoms with van der Waals surface area (Å²) in [6.07, 6.45) is 8.20. The van der Waals surface area contributed by atoms with Gasteiger partial charge in [-0.05, 0) is 37.3 Å². The fourth-order valence-electron chi connectivity index (χ4n) is 1.87. The first kappa shape index (κ1) is 16.2. The van der Waals surface area contributed by atoms with Crippen molar-refractivity contribution < 1.29 is 9.53 Å². The fraction of sp³-hybridized carbons (Fsp3) is 0.389. The van der Waals surface area contributed by atoms with Gasteiger partial charge in [0.25, 0.3) is 0 Å².